The summed E-state index contributed by atoms with van der Waals surface area (Å²) in [6, 6.07) is 11.1. The number of nitrogens with zero attached hydrogens (tertiary/aromatic N) is 1. The van der Waals surface area contributed by atoms with Crippen molar-refractivity contribution >= 4 is 16.8 Å². The summed E-state index contributed by atoms with van der Waals surface area (Å²) < 4.78 is 0. The van der Waals surface area contributed by atoms with Crippen LogP contribution in [-0.4, -0.2) is 16.3 Å². The molecule has 1 heterocycles. The third-order valence-electron chi connectivity index (χ3n) is 3.15. The molecule has 1 aromatic carbocycles. The number of benzene rings is 1. The normalized spacial score (nSPS) is 23.8. The highest BCUT2D eigenvalue weighted by molar-refractivity contribution is 8.15. The smallest absolute Gasteiger partial charge is 0.0984 e. The molecule has 17 heavy (non-hydrogen) atoms. The zero-order chi connectivity index (χ0) is 12.1. The van der Waals surface area contributed by atoms with E-state index in [-0.39, 0.29) is 0 Å². The minimum Gasteiger partial charge on any atom is -0.273 e. The van der Waals surface area contributed by atoms with Crippen LogP contribution < -0.4 is 0 Å². The van der Waals surface area contributed by atoms with E-state index in [9.17, 15) is 0 Å². The van der Waals surface area contributed by atoms with Crippen LogP contribution in [0.3, 0.4) is 0 Å². The lowest BCUT2D eigenvalue weighted by molar-refractivity contribution is 0.560. The van der Waals surface area contributed by atoms with Gasteiger partial charge in [0.25, 0.3) is 0 Å². The number of aliphatic imine (C=N–C) groups is 1. The highest BCUT2D eigenvalue weighted by atomic mass is 32.2. The standard InChI is InChI=1S/C15H21NS/c1-3-8-13-14(9-4-2)17-15(16-13)12-10-6-5-7-11-12/h5-7,10-11,13-14H,3-4,8-9H2,1-2H3/t13-,14-/m0/s1. The van der Waals surface area contributed by atoms with Gasteiger partial charge in [-0.1, -0.05) is 57.0 Å². The fourth-order valence-corrected chi connectivity index (χ4v) is 3.75. The molecular formula is C15H21NS. The van der Waals surface area contributed by atoms with E-state index in [2.05, 4.69) is 44.2 Å². The molecule has 0 radical (unpaired) electrons. The molecular weight excluding hydrogens is 226 g/mol. The molecule has 0 saturated carbocycles. The van der Waals surface area contributed by atoms with Gasteiger partial charge < -0.3 is 0 Å². The lowest BCUT2D eigenvalue weighted by Gasteiger charge is -2.14. The maximum atomic E-state index is 4.93. The van der Waals surface area contributed by atoms with E-state index in [0.717, 1.165) is 0 Å². The Balaban J connectivity index is 2.12. The first kappa shape index (κ1) is 12.7. The molecule has 1 aliphatic rings. The van der Waals surface area contributed by atoms with Gasteiger partial charge in [0, 0.05) is 10.8 Å². The topological polar surface area (TPSA) is 12.4 Å². The van der Waals surface area contributed by atoms with Gasteiger partial charge in [0.1, 0.15) is 0 Å². The molecule has 0 aromatic heterocycles. The Morgan fingerprint density at radius 3 is 2.41 bits per heavy atom. The van der Waals surface area contributed by atoms with Crippen molar-refractivity contribution < 1.29 is 0 Å². The van der Waals surface area contributed by atoms with Crippen molar-refractivity contribution in [1.29, 1.82) is 0 Å². The molecule has 1 nitrogen and oxygen atoms in total. The van der Waals surface area contributed by atoms with Gasteiger partial charge in [-0.15, -0.1) is 11.8 Å². The van der Waals surface area contributed by atoms with Crippen molar-refractivity contribution in [2.45, 2.75) is 50.8 Å². The Morgan fingerprint density at radius 2 is 1.76 bits per heavy atom. The predicted molar refractivity (Wildman–Crippen MR) is 78.0 cm³/mol. The molecule has 0 saturated heterocycles. The highest BCUT2D eigenvalue weighted by Crippen LogP contribution is 2.35. The summed E-state index contributed by atoms with van der Waals surface area (Å²) in [4.78, 5) is 4.93. The van der Waals surface area contributed by atoms with Crippen molar-refractivity contribution in [3.63, 3.8) is 0 Å². The fraction of sp³-hybridized carbons (Fsp3) is 0.533. The van der Waals surface area contributed by atoms with Crippen LogP contribution in [0.5, 0.6) is 0 Å². The van der Waals surface area contributed by atoms with Crippen LogP contribution in [0.25, 0.3) is 0 Å². The van der Waals surface area contributed by atoms with Gasteiger partial charge in [-0.2, -0.15) is 0 Å². The van der Waals surface area contributed by atoms with Crippen molar-refractivity contribution in [2.24, 2.45) is 4.99 Å². The molecule has 0 N–H and O–H groups in total. The molecule has 0 fully saturated rings. The van der Waals surface area contributed by atoms with Gasteiger partial charge >= 0.3 is 0 Å². The number of rotatable bonds is 5. The molecule has 0 spiro atoms. The quantitative estimate of drug-likeness (QED) is 0.745. The van der Waals surface area contributed by atoms with Gasteiger partial charge in [0.05, 0.1) is 11.1 Å². The van der Waals surface area contributed by atoms with Crippen molar-refractivity contribution in [1.82, 2.24) is 0 Å². The third-order valence-corrected chi connectivity index (χ3v) is 4.57. The first-order chi connectivity index (χ1) is 8.35. The van der Waals surface area contributed by atoms with E-state index in [0.29, 0.717) is 11.3 Å². The predicted octanol–water partition coefficient (Wildman–Crippen LogP) is 4.52. The molecule has 0 amide bonds. The molecule has 2 heteroatoms. The number of hydrogen-bond acceptors (Lipinski definition) is 2. The third kappa shape index (κ3) is 3.12. The van der Waals surface area contributed by atoms with Gasteiger partial charge in [0.2, 0.25) is 0 Å². The monoisotopic (exact) mass is 247 g/mol. The van der Waals surface area contributed by atoms with E-state index in [1.54, 1.807) is 0 Å². The first-order valence-electron chi connectivity index (χ1n) is 6.65. The lowest BCUT2D eigenvalue weighted by Crippen LogP contribution is -2.16. The summed E-state index contributed by atoms with van der Waals surface area (Å²) in [5.41, 5.74) is 1.29. The summed E-state index contributed by atoms with van der Waals surface area (Å²) in [6.07, 6.45) is 5.01. The first-order valence-corrected chi connectivity index (χ1v) is 7.53. The summed E-state index contributed by atoms with van der Waals surface area (Å²) >= 11 is 1.99. The van der Waals surface area contributed by atoms with E-state index in [1.165, 1.54) is 36.3 Å². The van der Waals surface area contributed by atoms with Crippen LogP contribution in [0, 0.1) is 0 Å². The SMILES string of the molecule is CCC[C@@H]1N=C(c2ccccc2)S[C@H]1CCC. The second-order valence-electron chi connectivity index (χ2n) is 4.60. The van der Waals surface area contributed by atoms with Gasteiger partial charge in [0.15, 0.2) is 0 Å². The van der Waals surface area contributed by atoms with Crippen LogP contribution >= 0.6 is 11.8 Å². The Kier molecular flexibility index (Phi) is 4.66. The maximum Gasteiger partial charge on any atom is 0.0984 e. The molecule has 1 aliphatic heterocycles. The minimum atomic E-state index is 0.542. The molecule has 92 valence electrons. The van der Waals surface area contributed by atoms with Gasteiger partial charge in [-0.3, -0.25) is 4.99 Å². The summed E-state index contributed by atoms with van der Waals surface area (Å²) in [7, 11) is 0. The summed E-state index contributed by atoms with van der Waals surface area (Å²) in [6.45, 7) is 4.52. The second-order valence-corrected chi connectivity index (χ2v) is 5.83. The molecule has 1 aromatic rings. The van der Waals surface area contributed by atoms with Crippen LogP contribution in [-0.2, 0) is 0 Å². The second kappa shape index (κ2) is 6.25. The van der Waals surface area contributed by atoms with Gasteiger partial charge in [-0.25, -0.2) is 0 Å². The molecule has 0 bridgehead atoms. The minimum absolute atomic E-state index is 0.542. The summed E-state index contributed by atoms with van der Waals surface area (Å²) in [5, 5.41) is 1.96. The zero-order valence-electron chi connectivity index (χ0n) is 10.7. The van der Waals surface area contributed by atoms with Crippen molar-refractivity contribution in [3.05, 3.63) is 35.9 Å². The lowest BCUT2D eigenvalue weighted by atomic mass is 10.1. The van der Waals surface area contributed by atoms with E-state index >= 15 is 0 Å². The van der Waals surface area contributed by atoms with Crippen LogP contribution in [0.1, 0.15) is 45.1 Å². The largest absolute Gasteiger partial charge is 0.273 e. The average Bonchev–Trinajstić information content (AvgIpc) is 2.75. The Bertz CT molecular complexity index is 372. The van der Waals surface area contributed by atoms with Crippen LogP contribution in [0.15, 0.2) is 35.3 Å². The Labute approximate surface area is 109 Å². The van der Waals surface area contributed by atoms with Crippen LogP contribution in [0.2, 0.25) is 0 Å². The summed E-state index contributed by atoms with van der Waals surface area (Å²) in [5.74, 6) is 0. The van der Waals surface area contributed by atoms with Crippen LogP contribution in [0.4, 0.5) is 0 Å². The molecule has 2 atom stereocenters. The number of hydrogen-bond donors (Lipinski definition) is 0. The van der Waals surface area contributed by atoms with E-state index < -0.39 is 0 Å². The fourth-order valence-electron chi connectivity index (χ4n) is 2.29. The van der Waals surface area contributed by atoms with Crippen molar-refractivity contribution in [2.75, 3.05) is 0 Å². The molecule has 2 rings (SSSR count). The van der Waals surface area contributed by atoms with E-state index in [4.69, 9.17) is 4.99 Å². The van der Waals surface area contributed by atoms with Crippen molar-refractivity contribution in [3.8, 4) is 0 Å². The number of thioether (sulfide) groups is 1. The van der Waals surface area contributed by atoms with E-state index in [1.807, 2.05) is 11.8 Å². The molecule has 0 aliphatic carbocycles. The Morgan fingerprint density at radius 1 is 1.06 bits per heavy atom. The average molecular weight is 247 g/mol. The maximum absolute atomic E-state index is 4.93. The zero-order valence-corrected chi connectivity index (χ0v) is 11.5. The Hall–Kier alpha value is -0.760. The van der Waals surface area contributed by atoms with Gasteiger partial charge in [-0.05, 0) is 12.8 Å². The highest BCUT2D eigenvalue weighted by Gasteiger charge is 2.28. The molecule has 0 unspecified atom stereocenters.